The van der Waals surface area contributed by atoms with Crippen LogP contribution in [0.15, 0.2) is 12.1 Å². The summed E-state index contributed by atoms with van der Waals surface area (Å²) in [5, 5.41) is 19.3. The fraction of sp³-hybridized carbons (Fsp3) is 0.300. The van der Waals surface area contributed by atoms with E-state index in [1.165, 1.54) is 7.11 Å². The van der Waals surface area contributed by atoms with Crippen molar-refractivity contribution >= 4 is 28.6 Å². The Morgan fingerprint density at radius 2 is 2.25 bits per heavy atom. The van der Waals surface area contributed by atoms with E-state index in [1.807, 2.05) is 22.6 Å². The third kappa shape index (κ3) is 3.24. The summed E-state index contributed by atoms with van der Waals surface area (Å²) in [6, 6.07) is 3.28. The number of carboxylic acids is 1. The van der Waals surface area contributed by atoms with Gasteiger partial charge in [0.2, 0.25) is 0 Å². The largest absolute Gasteiger partial charge is 0.546 e. The molecule has 88 valence electrons. The first-order valence-corrected chi connectivity index (χ1v) is 5.46. The summed E-state index contributed by atoms with van der Waals surface area (Å²) in [6.07, 6.45) is 0. The Labute approximate surface area is 106 Å². The van der Waals surface area contributed by atoms with Gasteiger partial charge in [0, 0.05) is 0 Å². The Bertz CT molecular complexity index is 391. The van der Waals surface area contributed by atoms with Crippen LogP contribution in [0.4, 0.5) is 0 Å². The highest BCUT2D eigenvalue weighted by atomic mass is 127. The number of rotatable bonds is 5. The number of carboxylic acid groups (broad SMARTS) is 1. The molecule has 0 radical (unpaired) electrons. The van der Waals surface area contributed by atoms with E-state index in [4.69, 9.17) is 14.6 Å². The molecule has 1 aromatic carbocycles. The van der Waals surface area contributed by atoms with Crippen LogP contribution in [0.1, 0.15) is 5.56 Å². The molecule has 5 nitrogen and oxygen atoms in total. The van der Waals surface area contributed by atoms with Gasteiger partial charge in [-0.05, 0) is 40.3 Å². The number of halogens is 1. The summed E-state index contributed by atoms with van der Waals surface area (Å²) in [5.74, 6) is -0.578. The van der Waals surface area contributed by atoms with Gasteiger partial charge >= 0.3 is 0 Å². The third-order valence-electron chi connectivity index (χ3n) is 1.81. The molecule has 0 saturated heterocycles. The van der Waals surface area contributed by atoms with Gasteiger partial charge in [-0.2, -0.15) is 0 Å². The Kier molecular flexibility index (Phi) is 4.81. The molecule has 0 aromatic heterocycles. The van der Waals surface area contributed by atoms with E-state index in [0.717, 1.165) is 0 Å². The van der Waals surface area contributed by atoms with Crippen LogP contribution in [-0.4, -0.2) is 24.8 Å². The lowest BCUT2D eigenvalue weighted by atomic mass is 10.2. The second-order valence-corrected chi connectivity index (χ2v) is 4.09. The quantitative estimate of drug-likeness (QED) is 0.761. The maximum Gasteiger partial charge on any atom is 0.175 e. The second kappa shape index (κ2) is 5.90. The summed E-state index contributed by atoms with van der Waals surface area (Å²) in [6.45, 7) is -0.655. The molecule has 16 heavy (non-hydrogen) atoms. The summed E-state index contributed by atoms with van der Waals surface area (Å²) in [4.78, 5) is 10.3. The van der Waals surface area contributed by atoms with Crippen LogP contribution in [0, 0.1) is 3.57 Å². The van der Waals surface area contributed by atoms with Gasteiger partial charge in [0.25, 0.3) is 0 Å². The molecule has 1 N–H and O–H groups in total. The molecule has 0 bridgehead atoms. The van der Waals surface area contributed by atoms with Crippen molar-refractivity contribution in [3.05, 3.63) is 21.3 Å². The first-order chi connectivity index (χ1) is 7.58. The zero-order valence-electron chi connectivity index (χ0n) is 8.53. The maximum absolute atomic E-state index is 10.3. The lowest BCUT2D eigenvalue weighted by molar-refractivity contribution is -0.307. The molecule has 0 spiro atoms. The van der Waals surface area contributed by atoms with Crippen LogP contribution in [0.3, 0.4) is 0 Å². The highest BCUT2D eigenvalue weighted by Crippen LogP contribution is 2.33. The number of hydrogen-bond acceptors (Lipinski definition) is 5. The summed E-state index contributed by atoms with van der Waals surface area (Å²) >= 11 is 1.98. The minimum absolute atomic E-state index is 0.118. The third-order valence-corrected chi connectivity index (χ3v) is 2.61. The highest BCUT2D eigenvalue weighted by molar-refractivity contribution is 14.1. The van der Waals surface area contributed by atoms with Gasteiger partial charge in [-0.3, -0.25) is 0 Å². The molecule has 0 aliphatic heterocycles. The zero-order valence-corrected chi connectivity index (χ0v) is 10.7. The van der Waals surface area contributed by atoms with E-state index in [9.17, 15) is 9.90 Å². The van der Waals surface area contributed by atoms with Crippen molar-refractivity contribution in [2.24, 2.45) is 0 Å². The van der Waals surface area contributed by atoms with Crippen molar-refractivity contribution < 1.29 is 24.5 Å². The van der Waals surface area contributed by atoms with Crippen LogP contribution in [0.5, 0.6) is 11.5 Å². The standard InChI is InChI=1S/C10H11IO5/c1-15-8-3-6(4-12)2-7(11)10(8)16-5-9(13)14/h2-3,12H,4-5H2,1H3,(H,13,14)/p-1. The second-order valence-electron chi connectivity index (χ2n) is 2.93. The number of carbonyl (C=O) groups is 1. The molecule has 0 heterocycles. The van der Waals surface area contributed by atoms with Crippen LogP contribution in [0.2, 0.25) is 0 Å². The number of aliphatic hydroxyl groups is 1. The Morgan fingerprint density at radius 1 is 1.56 bits per heavy atom. The number of aliphatic hydroxyl groups excluding tert-OH is 1. The average Bonchev–Trinajstić information content (AvgIpc) is 2.26. The molecular weight excluding hydrogens is 327 g/mol. The average molecular weight is 337 g/mol. The number of ether oxygens (including phenoxy) is 2. The molecule has 1 rings (SSSR count). The van der Waals surface area contributed by atoms with E-state index in [-0.39, 0.29) is 6.61 Å². The van der Waals surface area contributed by atoms with Crippen molar-refractivity contribution in [2.75, 3.05) is 13.7 Å². The van der Waals surface area contributed by atoms with E-state index in [1.54, 1.807) is 12.1 Å². The Balaban J connectivity index is 3.01. The Morgan fingerprint density at radius 3 is 2.75 bits per heavy atom. The van der Waals surface area contributed by atoms with Crippen molar-refractivity contribution in [1.82, 2.24) is 0 Å². The zero-order chi connectivity index (χ0) is 12.1. The predicted molar refractivity (Wildman–Crippen MR) is 62.1 cm³/mol. The van der Waals surface area contributed by atoms with Gasteiger partial charge in [0.05, 0.1) is 23.3 Å². The van der Waals surface area contributed by atoms with E-state index < -0.39 is 12.6 Å². The molecule has 0 amide bonds. The van der Waals surface area contributed by atoms with Crippen molar-refractivity contribution in [3.8, 4) is 11.5 Å². The van der Waals surface area contributed by atoms with Crippen LogP contribution >= 0.6 is 22.6 Å². The monoisotopic (exact) mass is 337 g/mol. The fourth-order valence-electron chi connectivity index (χ4n) is 1.14. The van der Waals surface area contributed by atoms with Gasteiger partial charge in [0.15, 0.2) is 11.5 Å². The Hall–Kier alpha value is -1.02. The van der Waals surface area contributed by atoms with Crippen LogP contribution < -0.4 is 14.6 Å². The fourth-order valence-corrected chi connectivity index (χ4v) is 1.96. The molecule has 6 heteroatoms. The topological polar surface area (TPSA) is 78.8 Å². The molecule has 0 fully saturated rings. The molecule has 0 atom stereocenters. The van der Waals surface area contributed by atoms with Gasteiger partial charge < -0.3 is 24.5 Å². The summed E-state index contributed by atoms with van der Waals surface area (Å²) in [7, 11) is 1.44. The summed E-state index contributed by atoms with van der Waals surface area (Å²) in [5.41, 5.74) is 0.669. The normalized spacial score (nSPS) is 9.94. The minimum atomic E-state index is -1.30. The molecule has 0 aliphatic rings. The number of benzene rings is 1. The van der Waals surface area contributed by atoms with Gasteiger partial charge in [-0.1, -0.05) is 0 Å². The smallest absolute Gasteiger partial charge is 0.175 e. The molecule has 1 aromatic rings. The maximum atomic E-state index is 10.3. The number of methoxy groups -OCH3 is 1. The van der Waals surface area contributed by atoms with Gasteiger partial charge in [0.1, 0.15) is 6.61 Å². The van der Waals surface area contributed by atoms with E-state index in [2.05, 4.69) is 0 Å². The molecule has 0 unspecified atom stereocenters. The first-order valence-electron chi connectivity index (χ1n) is 4.38. The minimum Gasteiger partial charge on any atom is -0.546 e. The van der Waals surface area contributed by atoms with Gasteiger partial charge in [-0.25, -0.2) is 0 Å². The van der Waals surface area contributed by atoms with Crippen molar-refractivity contribution in [3.63, 3.8) is 0 Å². The number of hydrogen-bond donors (Lipinski definition) is 1. The van der Waals surface area contributed by atoms with E-state index >= 15 is 0 Å². The SMILES string of the molecule is COc1cc(CO)cc(I)c1OCC(=O)[O-]. The number of aliphatic carboxylic acids is 1. The first kappa shape index (κ1) is 13.0. The summed E-state index contributed by atoms with van der Waals surface area (Å²) < 4.78 is 10.8. The molecule has 0 aliphatic carbocycles. The van der Waals surface area contributed by atoms with Gasteiger partial charge in [-0.15, -0.1) is 0 Å². The number of carbonyl (C=O) groups excluding carboxylic acids is 1. The lowest BCUT2D eigenvalue weighted by Crippen LogP contribution is -2.29. The molecule has 0 saturated carbocycles. The van der Waals surface area contributed by atoms with Crippen molar-refractivity contribution in [1.29, 1.82) is 0 Å². The van der Waals surface area contributed by atoms with E-state index in [0.29, 0.717) is 20.6 Å². The van der Waals surface area contributed by atoms with Crippen LogP contribution in [0.25, 0.3) is 0 Å². The van der Waals surface area contributed by atoms with Crippen LogP contribution in [-0.2, 0) is 11.4 Å². The highest BCUT2D eigenvalue weighted by Gasteiger charge is 2.11. The molecular formula is C10H10IO5-. The lowest BCUT2D eigenvalue weighted by Gasteiger charge is -2.14. The predicted octanol–water partition coefficient (Wildman–Crippen LogP) is -0.0792. The van der Waals surface area contributed by atoms with Crippen molar-refractivity contribution in [2.45, 2.75) is 6.61 Å².